The molecule has 1 aromatic heterocycles. The lowest BCUT2D eigenvalue weighted by Crippen LogP contribution is -2.38. The molecule has 1 fully saturated rings. The summed E-state index contributed by atoms with van der Waals surface area (Å²) >= 11 is 1.19. The van der Waals surface area contributed by atoms with E-state index < -0.39 is 42.0 Å². The molecule has 0 N–H and O–H groups in total. The summed E-state index contributed by atoms with van der Waals surface area (Å²) in [7, 11) is 1.39. The van der Waals surface area contributed by atoms with Crippen molar-refractivity contribution in [2.45, 2.75) is 57.3 Å². The Labute approximate surface area is 238 Å². The molecule has 2 atom stereocenters. The van der Waals surface area contributed by atoms with Gasteiger partial charge in [-0.1, -0.05) is 49.4 Å². The number of hydrogen-bond acceptors (Lipinski definition) is 6. The molecule has 12 heteroatoms. The van der Waals surface area contributed by atoms with E-state index in [9.17, 15) is 31.1 Å². The number of benzene rings is 2. The highest BCUT2D eigenvalue weighted by atomic mass is 32.1. The fourth-order valence-electron chi connectivity index (χ4n) is 4.80. The van der Waals surface area contributed by atoms with Crippen LogP contribution < -0.4 is 0 Å². The number of carbonyl (C=O) groups excluding carboxylic acids is 1. The van der Waals surface area contributed by atoms with Crippen LogP contribution in [0.15, 0.2) is 54.6 Å². The number of ether oxygens (including phenoxy) is 2. The number of alkyl halides is 6. The highest BCUT2D eigenvalue weighted by molar-refractivity contribution is 7.15. The average molecular weight is 601 g/mol. The van der Waals surface area contributed by atoms with Gasteiger partial charge in [0.25, 0.3) is 0 Å². The summed E-state index contributed by atoms with van der Waals surface area (Å²) in [5, 5.41) is 0.426. The van der Waals surface area contributed by atoms with Crippen molar-refractivity contribution >= 4 is 17.3 Å². The number of hydrogen-bond donors (Lipinski definition) is 0. The molecular weight excluding hydrogens is 570 g/mol. The van der Waals surface area contributed by atoms with Crippen LogP contribution in [0.25, 0.3) is 10.6 Å². The Morgan fingerprint density at radius 3 is 2.20 bits per heavy atom. The van der Waals surface area contributed by atoms with Gasteiger partial charge in [0, 0.05) is 19.2 Å². The molecule has 222 valence electrons. The minimum absolute atomic E-state index is 0.0342. The van der Waals surface area contributed by atoms with Gasteiger partial charge in [0.15, 0.2) is 6.10 Å². The fraction of sp³-hybridized carbons (Fsp3) is 0.448. The van der Waals surface area contributed by atoms with Crippen molar-refractivity contribution in [1.29, 1.82) is 0 Å². The predicted octanol–water partition coefficient (Wildman–Crippen LogP) is 7.99. The molecule has 0 bridgehead atoms. The monoisotopic (exact) mass is 600 g/mol. The third-order valence-electron chi connectivity index (χ3n) is 7.08. The Hall–Kier alpha value is -2.96. The van der Waals surface area contributed by atoms with Crippen molar-refractivity contribution in [2.75, 3.05) is 20.2 Å². The second kappa shape index (κ2) is 12.9. The molecule has 1 saturated heterocycles. The Bertz CT molecular complexity index is 1290. The van der Waals surface area contributed by atoms with Gasteiger partial charge in [-0.15, -0.1) is 11.3 Å². The molecule has 4 rings (SSSR count). The highest BCUT2D eigenvalue weighted by Gasteiger charge is 2.41. The first-order chi connectivity index (χ1) is 19.4. The van der Waals surface area contributed by atoms with Crippen LogP contribution >= 0.6 is 11.3 Å². The lowest BCUT2D eigenvalue weighted by Gasteiger charge is -2.32. The summed E-state index contributed by atoms with van der Waals surface area (Å²) < 4.78 is 90.1. The van der Waals surface area contributed by atoms with Gasteiger partial charge in [-0.2, -0.15) is 26.3 Å². The first-order valence-corrected chi connectivity index (χ1v) is 14.0. The van der Waals surface area contributed by atoms with Crippen molar-refractivity contribution < 1.29 is 40.6 Å². The van der Waals surface area contributed by atoms with E-state index in [2.05, 4.69) is 4.98 Å². The van der Waals surface area contributed by atoms with E-state index in [0.29, 0.717) is 33.1 Å². The number of methoxy groups -OCH3 is 1. The van der Waals surface area contributed by atoms with Crippen LogP contribution in [-0.2, 0) is 27.0 Å². The number of halogens is 6. The average Bonchev–Trinajstić information content (AvgIpc) is 3.35. The molecule has 5 nitrogen and oxygen atoms in total. The molecule has 41 heavy (non-hydrogen) atoms. The number of aromatic nitrogens is 1. The van der Waals surface area contributed by atoms with E-state index in [-0.39, 0.29) is 32.5 Å². The Balaban J connectivity index is 1.62. The zero-order valence-electron chi connectivity index (χ0n) is 22.5. The van der Waals surface area contributed by atoms with Crippen LogP contribution in [0, 0.1) is 5.92 Å². The van der Waals surface area contributed by atoms with Gasteiger partial charge in [0.1, 0.15) is 11.1 Å². The maximum Gasteiger partial charge on any atom is 0.416 e. The quantitative estimate of drug-likeness (QED) is 0.184. The van der Waals surface area contributed by atoms with Crippen LogP contribution in [0.1, 0.15) is 60.1 Å². The number of piperidine rings is 1. The van der Waals surface area contributed by atoms with Gasteiger partial charge in [-0.25, -0.2) is 9.78 Å². The Kier molecular flexibility index (Phi) is 9.76. The summed E-state index contributed by atoms with van der Waals surface area (Å²) in [6, 6.07) is 13.4. The second-order valence-corrected chi connectivity index (χ2v) is 10.9. The van der Waals surface area contributed by atoms with Gasteiger partial charge < -0.3 is 9.47 Å². The van der Waals surface area contributed by atoms with Crippen molar-refractivity contribution in [2.24, 2.45) is 5.92 Å². The molecular formula is C29H30F6N2O3S. The lowest BCUT2D eigenvalue weighted by molar-refractivity contribution is -0.185. The summed E-state index contributed by atoms with van der Waals surface area (Å²) in [5.41, 5.74) is 0.783. The molecule has 1 unspecified atom stereocenters. The van der Waals surface area contributed by atoms with Crippen LogP contribution in [0.4, 0.5) is 26.3 Å². The summed E-state index contributed by atoms with van der Waals surface area (Å²) in [4.78, 5) is 20.3. The van der Waals surface area contributed by atoms with Crippen molar-refractivity contribution in [3.8, 4) is 10.6 Å². The van der Waals surface area contributed by atoms with Crippen molar-refractivity contribution in [1.82, 2.24) is 9.88 Å². The Morgan fingerprint density at radius 1 is 1.02 bits per heavy atom. The second-order valence-electron chi connectivity index (χ2n) is 9.86. The molecule has 0 saturated carbocycles. The molecule has 0 spiro atoms. The van der Waals surface area contributed by atoms with Crippen molar-refractivity contribution in [3.63, 3.8) is 0 Å². The minimum atomic E-state index is -4.49. The van der Waals surface area contributed by atoms with Crippen LogP contribution in [-0.4, -0.2) is 42.2 Å². The van der Waals surface area contributed by atoms with Crippen molar-refractivity contribution in [3.05, 3.63) is 76.3 Å². The number of thiazole rings is 1. The van der Waals surface area contributed by atoms with Crippen LogP contribution in [0.5, 0.6) is 0 Å². The van der Waals surface area contributed by atoms with Gasteiger partial charge in [-0.05, 0) is 50.0 Å². The van der Waals surface area contributed by atoms with E-state index in [1.807, 2.05) is 11.8 Å². The summed E-state index contributed by atoms with van der Waals surface area (Å²) in [5.74, 6) is -1.98. The van der Waals surface area contributed by atoms with E-state index in [4.69, 9.17) is 9.47 Å². The molecule has 0 aliphatic carbocycles. The van der Waals surface area contributed by atoms with Gasteiger partial charge in [-0.3, -0.25) is 4.90 Å². The lowest BCUT2D eigenvalue weighted by atomic mass is 9.96. The van der Waals surface area contributed by atoms with Gasteiger partial charge >= 0.3 is 18.3 Å². The van der Waals surface area contributed by atoms with E-state index in [0.717, 1.165) is 12.1 Å². The maximum absolute atomic E-state index is 13.2. The normalized spacial score (nSPS) is 16.9. The smallest absolute Gasteiger partial charge is 0.416 e. The summed E-state index contributed by atoms with van der Waals surface area (Å²) in [6.07, 6.45) is -10.1. The van der Waals surface area contributed by atoms with E-state index in [1.165, 1.54) is 30.6 Å². The molecule has 2 heterocycles. The minimum Gasteiger partial charge on any atom is -0.454 e. The topological polar surface area (TPSA) is 51.7 Å². The standard InChI is InChI=1S/C29H30F6N2O3S/c1-3-23(40-27(38)24(39-2)18-7-5-4-6-8-18)25-22(17-37-15-13-21(14-16-37)29(33,34)35)36-26(41-25)19-9-11-20(12-10-19)28(30,31)32/h4-12,21,23-24H,3,13-17H2,1-2H3/t23-,24?/m0/s1. The highest BCUT2D eigenvalue weighted by Crippen LogP contribution is 2.39. The first kappa shape index (κ1) is 31.0. The van der Waals surface area contributed by atoms with Gasteiger partial charge in [0.2, 0.25) is 0 Å². The molecule has 1 aliphatic heterocycles. The molecule has 0 amide bonds. The molecule has 3 aromatic rings. The molecule has 2 aromatic carbocycles. The van der Waals surface area contributed by atoms with Crippen LogP contribution in [0.2, 0.25) is 0 Å². The van der Waals surface area contributed by atoms with Crippen LogP contribution in [0.3, 0.4) is 0 Å². The molecule has 0 radical (unpaired) electrons. The van der Waals surface area contributed by atoms with E-state index >= 15 is 0 Å². The number of nitrogens with zero attached hydrogens (tertiary/aromatic N) is 2. The third kappa shape index (κ3) is 7.66. The third-order valence-corrected chi connectivity index (χ3v) is 8.32. The molecule has 1 aliphatic rings. The zero-order valence-corrected chi connectivity index (χ0v) is 23.3. The zero-order chi connectivity index (χ0) is 29.8. The number of esters is 1. The fourth-order valence-corrected chi connectivity index (χ4v) is 6.00. The number of rotatable bonds is 9. The SMILES string of the molecule is CC[C@H](OC(=O)C(OC)c1ccccc1)c1sc(-c2ccc(C(F)(F)F)cc2)nc1CN1CCC(C(F)(F)F)CC1. The predicted molar refractivity (Wildman–Crippen MR) is 142 cm³/mol. The first-order valence-electron chi connectivity index (χ1n) is 13.1. The van der Waals surface area contributed by atoms with Gasteiger partial charge in [0.05, 0.1) is 22.1 Å². The Morgan fingerprint density at radius 2 is 1.66 bits per heavy atom. The number of carbonyl (C=O) groups is 1. The van der Waals surface area contributed by atoms with E-state index in [1.54, 1.807) is 30.3 Å². The largest absolute Gasteiger partial charge is 0.454 e. The maximum atomic E-state index is 13.2. The summed E-state index contributed by atoms with van der Waals surface area (Å²) in [6.45, 7) is 2.47. The number of likely N-dealkylation sites (tertiary alicyclic amines) is 1.